The number of aromatic amines is 1. The highest BCUT2D eigenvalue weighted by Crippen LogP contribution is 2.37. The third-order valence-corrected chi connectivity index (χ3v) is 7.18. The molecule has 1 fully saturated rings. The Morgan fingerprint density at radius 2 is 1.86 bits per heavy atom. The number of carbonyl (C=O) groups is 1. The molecule has 4 heterocycles. The van der Waals surface area contributed by atoms with E-state index in [0.717, 1.165) is 59.7 Å². The molecule has 4 aromatic rings. The highest BCUT2D eigenvalue weighted by molar-refractivity contribution is 5.78. The molecule has 0 spiro atoms. The minimum atomic E-state index is 0.225. The van der Waals surface area contributed by atoms with Gasteiger partial charge in [-0.15, -0.1) is 0 Å². The van der Waals surface area contributed by atoms with Crippen molar-refractivity contribution >= 4 is 11.6 Å². The average molecular weight is 486 g/mol. The third kappa shape index (κ3) is 4.65. The number of nitrogens with zero attached hydrogens (tertiary/aromatic N) is 6. The number of piperidine rings is 1. The molecule has 5 rings (SSSR count). The maximum absolute atomic E-state index is 12.4. The molecule has 1 N–H and O–H groups in total. The van der Waals surface area contributed by atoms with Crippen molar-refractivity contribution in [2.45, 2.75) is 45.4 Å². The van der Waals surface area contributed by atoms with Gasteiger partial charge in [0, 0.05) is 30.4 Å². The van der Waals surface area contributed by atoms with Gasteiger partial charge in [-0.1, -0.05) is 38.1 Å². The number of H-pyrrole nitrogens is 1. The van der Waals surface area contributed by atoms with Gasteiger partial charge in [0.15, 0.2) is 5.65 Å². The summed E-state index contributed by atoms with van der Waals surface area (Å²) in [6, 6.07) is 11.0. The first-order valence-electron chi connectivity index (χ1n) is 12.7. The number of carbonyl (C=O) groups excluding carboxylic acids is 1. The van der Waals surface area contributed by atoms with Crippen molar-refractivity contribution in [3.05, 3.63) is 59.5 Å². The van der Waals surface area contributed by atoms with E-state index in [-0.39, 0.29) is 5.91 Å². The molecule has 188 valence electrons. The van der Waals surface area contributed by atoms with Crippen LogP contribution >= 0.6 is 0 Å². The number of likely N-dealkylation sites (N-methyl/N-ethyl adjacent to an activating group) is 1. The van der Waals surface area contributed by atoms with Gasteiger partial charge in [-0.25, -0.2) is 9.50 Å². The molecular weight excluding hydrogens is 450 g/mol. The van der Waals surface area contributed by atoms with Gasteiger partial charge in [0.1, 0.15) is 6.33 Å². The van der Waals surface area contributed by atoms with Gasteiger partial charge in [0.05, 0.1) is 17.9 Å². The first-order chi connectivity index (χ1) is 17.3. The first kappa shape index (κ1) is 24.2. The van der Waals surface area contributed by atoms with Crippen LogP contribution in [0.4, 0.5) is 0 Å². The maximum Gasteiger partial charge on any atom is 0.236 e. The van der Waals surface area contributed by atoms with E-state index in [9.17, 15) is 4.79 Å². The second-order valence-corrected chi connectivity index (χ2v) is 10.5. The molecular formula is C28H35N7O. The number of aryl methyl sites for hydroxylation is 1. The predicted molar refractivity (Wildman–Crippen MR) is 142 cm³/mol. The normalized spacial score (nSPS) is 14.9. The number of benzene rings is 1. The minimum absolute atomic E-state index is 0.225. The van der Waals surface area contributed by atoms with Crippen molar-refractivity contribution in [1.82, 2.24) is 34.6 Å². The molecule has 0 atom stereocenters. The molecule has 1 aliphatic rings. The number of aromatic nitrogens is 5. The van der Waals surface area contributed by atoms with Crippen molar-refractivity contribution in [1.29, 1.82) is 0 Å². The van der Waals surface area contributed by atoms with Crippen LogP contribution in [-0.4, -0.2) is 74.2 Å². The number of hydrogen-bond donors (Lipinski definition) is 1. The topological polar surface area (TPSA) is 82.4 Å². The van der Waals surface area contributed by atoms with E-state index >= 15 is 0 Å². The van der Waals surface area contributed by atoms with E-state index in [2.05, 4.69) is 66.3 Å². The minimum Gasteiger partial charge on any atom is -0.342 e. The molecule has 8 heteroatoms. The summed E-state index contributed by atoms with van der Waals surface area (Å²) in [4.78, 5) is 20.7. The molecule has 1 amide bonds. The average Bonchev–Trinajstić information content (AvgIpc) is 3.52. The second-order valence-electron chi connectivity index (χ2n) is 10.5. The van der Waals surface area contributed by atoms with Crippen LogP contribution in [0.3, 0.4) is 0 Å². The van der Waals surface area contributed by atoms with Gasteiger partial charge in [-0.05, 0) is 68.5 Å². The number of likely N-dealkylation sites (tertiary alicyclic amines) is 1. The zero-order valence-electron chi connectivity index (χ0n) is 21.8. The van der Waals surface area contributed by atoms with Crippen LogP contribution in [0, 0.1) is 6.92 Å². The van der Waals surface area contributed by atoms with Gasteiger partial charge in [0.25, 0.3) is 0 Å². The van der Waals surface area contributed by atoms with E-state index in [1.165, 1.54) is 11.1 Å². The lowest BCUT2D eigenvalue weighted by Gasteiger charge is -2.33. The van der Waals surface area contributed by atoms with Crippen molar-refractivity contribution < 1.29 is 4.79 Å². The lowest BCUT2D eigenvalue weighted by Crippen LogP contribution is -2.42. The SMILES string of the molecule is Cc1cc(-c2n[nH]c(-c3ccc(C4CCN(C(=O)CN(C)C)CC4)cc3)c2C(C)C)cn2ncnc12. The number of nitrogens with one attached hydrogen (secondary N) is 1. The first-order valence-corrected chi connectivity index (χ1v) is 12.7. The Labute approximate surface area is 212 Å². The van der Waals surface area contributed by atoms with E-state index in [0.29, 0.717) is 18.4 Å². The molecule has 1 aliphatic heterocycles. The van der Waals surface area contributed by atoms with Crippen molar-refractivity contribution in [3.63, 3.8) is 0 Å². The fourth-order valence-electron chi connectivity index (χ4n) is 5.33. The van der Waals surface area contributed by atoms with Crippen LogP contribution in [0.5, 0.6) is 0 Å². The molecule has 1 saturated heterocycles. The number of rotatable bonds is 6. The monoisotopic (exact) mass is 485 g/mol. The Morgan fingerprint density at radius 3 is 2.53 bits per heavy atom. The third-order valence-electron chi connectivity index (χ3n) is 7.18. The van der Waals surface area contributed by atoms with Crippen molar-refractivity contribution in [2.75, 3.05) is 33.7 Å². The van der Waals surface area contributed by atoms with Crippen LogP contribution in [0.1, 0.15) is 55.2 Å². The summed E-state index contributed by atoms with van der Waals surface area (Å²) in [6.45, 7) is 8.61. The highest BCUT2D eigenvalue weighted by atomic mass is 16.2. The molecule has 0 aliphatic carbocycles. The lowest BCUT2D eigenvalue weighted by atomic mass is 9.88. The number of amides is 1. The van der Waals surface area contributed by atoms with Crippen LogP contribution < -0.4 is 0 Å². The standard InChI is InChI=1S/C28H35N7O/c1-18(2)25-26(31-32-27(25)23-14-19(3)28-29-17-30-35(28)15-23)22-8-6-20(7-9-22)21-10-12-34(13-11-21)24(36)16-33(4)5/h6-9,14-15,17-18,21H,10-13,16H2,1-5H3,(H,31,32). The van der Waals surface area contributed by atoms with Crippen LogP contribution in [-0.2, 0) is 4.79 Å². The summed E-state index contributed by atoms with van der Waals surface area (Å²) in [6.07, 6.45) is 5.60. The largest absolute Gasteiger partial charge is 0.342 e. The summed E-state index contributed by atoms with van der Waals surface area (Å²) in [5.74, 6) is 1.01. The quantitative estimate of drug-likeness (QED) is 0.435. The fourth-order valence-corrected chi connectivity index (χ4v) is 5.33. The van der Waals surface area contributed by atoms with E-state index in [4.69, 9.17) is 5.10 Å². The number of pyridine rings is 1. The smallest absolute Gasteiger partial charge is 0.236 e. The van der Waals surface area contributed by atoms with E-state index in [1.807, 2.05) is 34.6 Å². The Bertz CT molecular complexity index is 1360. The van der Waals surface area contributed by atoms with E-state index in [1.54, 1.807) is 6.33 Å². The molecule has 0 bridgehead atoms. The summed E-state index contributed by atoms with van der Waals surface area (Å²) < 4.78 is 1.82. The van der Waals surface area contributed by atoms with Gasteiger partial charge >= 0.3 is 0 Å². The zero-order valence-corrected chi connectivity index (χ0v) is 21.8. The van der Waals surface area contributed by atoms with Gasteiger partial charge in [0.2, 0.25) is 5.91 Å². The summed E-state index contributed by atoms with van der Waals surface area (Å²) in [5.41, 5.74) is 8.67. The summed E-state index contributed by atoms with van der Waals surface area (Å²) in [7, 11) is 3.88. The Balaban J connectivity index is 1.36. The Hall–Kier alpha value is -3.52. The zero-order chi connectivity index (χ0) is 25.4. The van der Waals surface area contributed by atoms with Crippen LogP contribution in [0.2, 0.25) is 0 Å². The van der Waals surface area contributed by atoms with Crippen LogP contribution in [0.15, 0.2) is 42.9 Å². The highest BCUT2D eigenvalue weighted by Gasteiger charge is 2.25. The summed E-state index contributed by atoms with van der Waals surface area (Å²) in [5, 5.41) is 12.4. The van der Waals surface area contributed by atoms with Crippen molar-refractivity contribution in [3.8, 4) is 22.5 Å². The number of hydrogen-bond acceptors (Lipinski definition) is 5. The molecule has 8 nitrogen and oxygen atoms in total. The Morgan fingerprint density at radius 1 is 1.14 bits per heavy atom. The van der Waals surface area contributed by atoms with Gasteiger partial charge in [-0.3, -0.25) is 9.89 Å². The van der Waals surface area contributed by atoms with Crippen LogP contribution in [0.25, 0.3) is 28.2 Å². The predicted octanol–water partition coefficient (Wildman–Crippen LogP) is 4.49. The van der Waals surface area contributed by atoms with Gasteiger partial charge in [-0.2, -0.15) is 10.2 Å². The maximum atomic E-state index is 12.4. The van der Waals surface area contributed by atoms with Crippen molar-refractivity contribution in [2.24, 2.45) is 0 Å². The summed E-state index contributed by atoms with van der Waals surface area (Å²) >= 11 is 0. The lowest BCUT2D eigenvalue weighted by molar-refractivity contribution is -0.132. The second kappa shape index (κ2) is 9.85. The fraction of sp³-hybridized carbons (Fsp3) is 0.429. The molecule has 1 aromatic carbocycles. The molecule has 0 unspecified atom stereocenters. The molecule has 0 radical (unpaired) electrons. The molecule has 0 saturated carbocycles. The van der Waals surface area contributed by atoms with Gasteiger partial charge < -0.3 is 9.80 Å². The number of fused-ring (bicyclic) bond motifs is 1. The Kier molecular flexibility index (Phi) is 6.62. The van der Waals surface area contributed by atoms with E-state index < -0.39 is 0 Å². The molecule has 36 heavy (non-hydrogen) atoms. The molecule has 3 aromatic heterocycles.